The van der Waals surface area contributed by atoms with Crippen molar-refractivity contribution in [2.75, 3.05) is 12.4 Å². The number of anilines is 1. The molecule has 0 radical (unpaired) electrons. The Labute approximate surface area is 108 Å². The fourth-order valence-corrected chi connectivity index (χ4v) is 1.31. The van der Waals surface area contributed by atoms with Crippen LogP contribution in [0, 0.1) is 6.92 Å². The third-order valence-electron chi connectivity index (χ3n) is 2.39. The minimum atomic E-state index is -0.481. The first-order chi connectivity index (χ1) is 7.58. The summed E-state index contributed by atoms with van der Waals surface area (Å²) in [5.74, 6) is 0.460. The molecule has 0 saturated heterocycles. The van der Waals surface area contributed by atoms with E-state index in [-0.39, 0.29) is 18.3 Å². The monoisotopic (exact) mass is 258 g/mol. The fraction of sp³-hybridized carbons (Fsp3) is 0.417. The summed E-state index contributed by atoms with van der Waals surface area (Å²) in [6, 6.07) is 5.11. The molecule has 0 heterocycles. The summed E-state index contributed by atoms with van der Waals surface area (Å²) in [6.45, 7) is 3.84. The molecule has 4 nitrogen and oxygen atoms in total. The van der Waals surface area contributed by atoms with E-state index in [1.807, 2.05) is 32.0 Å². The van der Waals surface area contributed by atoms with E-state index in [2.05, 4.69) is 5.32 Å². The van der Waals surface area contributed by atoms with Crippen LogP contribution in [0.2, 0.25) is 0 Å². The second-order valence-electron chi connectivity index (χ2n) is 3.71. The summed E-state index contributed by atoms with van der Waals surface area (Å²) in [6.07, 6.45) is 0.611. The predicted octanol–water partition coefficient (Wildman–Crippen LogP) is 2.10. The molecule has 3 N–H and O–H groups in total. The van der Waals surface area contributed by atoms with Crippen LogP contribution in [0.5, 0.6) is 5.75 Å². The molecule has 1 aromatic carbocycles. The average molecular weight is 259 g/mol. The van der Waals surface area contributed by atoms with Gasteiger partial charge in [-0.1, -0.05) is 13.0 Å². The van der Waals surface area contributed by atoms with Crippen molar-refractivity contribution < 1.29 is 9.53 Å². The Morgan fingerprint density at radius 3 is 2.71 bits per heavy atom. The topological polar surface area (TPSA) is 64.4 Å². The number of nitrogens with two attached hydrogens (primary N) is 1. The summed E-state index contributed by atoms with van der Waals surface area (Å²) in [5.41, 5.74) is 7.37. The molecule has 0 unspecified atom stereocenters. The highest BCUT2D eigenvalue weighted by Gasteiger charge is 2.13. The first-order valence-corrected chi connectivity index (χ1v) is 5.29. The normalized spacial score (nSPS) is 11.3. The lowest BCUT2D eigenvalue weighted by atomic mass is 10.2. The molecule has 0 aliphatic carbocycles. The number of methoxy groups -OCH3 is 1. The number of carbonyl (C=O) groups is 1. The smallest absolute Gasteiger partial charge is 0.241 e. The van der Waals surface area contributed by atoms with Gasteiger partial charge in [-0.25, -0.2) is 0 Å². The SMILES string of the molecule is CC[C@H](N)C(=O)Nc1ccc(C)cc1OC.Cl. The molecule has 1 amide bonds. The molecule has 1 aromatic rings. The second kappa shape index (κ2) is 7.14. The van der Waals surface area contributed by atoms with E-state index in [4.69, 9.17) is 10.5 Å². The van der Waals surface area contributed by atoms with E-state index in [0.29, 0.717) is 17.9 Å². The summed E-state index contributed by atoms with van der Waals surface area (Å²) in [4.78, 5) is 11.6. The number of aryl methyl sites for hydroxylation is 1. The number of amides is 1. The Morgan fingerprint density at radius 1 is 1.53 bits per heavy atom. The Balaban J connectivity index is 0.00000256. The van der Waals surface area contributed by atoms with Gasteiger partial charge in [0.2, 0.25) is 5.91 Å². The van der Waals surface area contributed by atoms with Crippen LogP contribution in [0.15, 0.2) is 18.2 Å². The number of hydrogen-bond donors (Lipinski definition) is 2. The van der Waals surface area contributed by atoms with Gasteiger partial charge in [0, 0.05) is 0 Å². The van der Waals surface area contributed by atoms with Crippen molar-refractivity contribution in [2.24, 2.45) is 5.73 Å². The van der Waals surface area contributed by atoms with Crippen LogP contribution in [0.1, 0.15) is 18.9 Å². The summed E-state index contributed by atoms with van der Waals surface area (Å²) < 4.78 is 5.18. The van der Waals surface area contributed by atoms with Crippen LogP contribution < -0.4 is 15.8 Å². The predicted molar refractivity (Wildman–Crippen MR) is 71.9 cm³/mol. The molecule has 0 spiro atoms. The number of carbonyl (C=O) groups excluding carboxylic acids is 1. The fourth-order valence-electron chi connectivity index (χ4n) is 1.31. The highest BCUT2D eigenvalue weighted by atomic mass is 35.5. The number of rotatable bonds is 4. The van der Waals surface area contributed by atoms with E-state index >= 15 is 0 Å². The zero-order valence-corrected chi connectivity index (χ0v) is 11.1. The second-order valence-corrected chi connectivity index (χ2v) is 3.71. The van der Waals surface area contributed by atoms with Gasteiger partial charge < -0.3 is 15.8 Å². The van der Waals surface area contributed by atoms with Crippen molar-refractivity contribution in [2.45, 2.75) is 26.3 Å². The molecular weight excluding hydrogens is 240 g/mol. The first kappa shape index (κ1) is 15.7. The lowest BCUT2D eigenvalue weighted by molar-refractivity contribution is -0.117. The third kappa shape index (κ3) is 4.24. The number of ether oxygens (including phenoxy) is 1. The molecule has 5 heteroatoms. The minimum Gasteiger partial charge on any atom is -0.495 e. The molecule has 0 saturated carbocycles. The first-order valence-electron chi connectivity index (χ1n) is 5.29. The Hall–Kier alpha value is -1.26. The molecule has 0 aliphatic heterocycles. The van der Waals surface area contributed by atoms with Gasteiger partial charge in [-0.2, -0.15) is 0 Å². The van der Waals surface area contributed by atoms with Crippen molar-refractivity contribution in [3.63, 3.8) is 0 Å². The maximum atomic E-state index is 11.6. The number of halogens is 1. The van der Waals surface area contributed by atoms with Crippen molar-refractivity contribution in [1.82, 2.24) is 0 Å². The Kier molecular flexibility index (Phi) is 6.61. The van der Waals surface area contributed by atoms with Crippen LogP contribution >= 0.6 is 12.4 Å². The molecular formula is C12H19ClN2O2. The quantitative estimate of drug-likeness (QED) is 0.869. The zero-order chi connectivity index (χ0) is 12.1. The number of benzene rings is 1. The lowest BCUT2D eigenvalue weighted by Gasteiger charge is -2.13. The third-order valence-corrected chi connectivity index (χ3v) is 2.39. The molecule has 0 bridgehead atoms. The van der Waals surface area contributed by atoms with Gasteiger partial charge in [-0.05, 0) is 31.0 Å². The van der Waals surface area contributed by atoms with Gasteiger partial charge in [-0.3, -0.25) is 4.79 Å². The highest BCUT2D eigenvalue weighted by Crippen LogP contribution is 2.25. The van der Waals surface area contributed by atoms with E-state index in [9.17, 15) is 4.79 Å². The van der Waals surface area contributed by atoms with Gasteiger partial charge in [0.25, 0.3) is 0 Å². The summed E-state index contributed by atoms with van der Waals surface area (Å²) >= 11 is 0. The number of hydrogen-bond acceptors (Lipinski definition) is 3. The van der Waals surface area contributed by atoms with Crippen LogP contribution in [0.25, 0.3) is 0 Å². The van der Waals surface area contributed by atoms with Gasteiger partial charge in [-0.15, -0.1) is 12.4 Å². The lowest BCUT2D eigenvalue weighted by Crippen LogP contribution is -2.34. The highest BCUT2D eigenvalue weighted by molar-refractivity contribution is 5.95. The zero-order valence-electron chi connectivity index (χ0n) is 10.3. The van der Waals surface area contributed by atoms with Crippen molar-refractivity contribution in [1.29, 1.82) is 0 Å². The molecule has 1 rings (SSSR count). The van der Waals surface area contributed by atoms with E-state index in [1.165, 1.54) is 0 Å². The van der Waals surface area contributed by atoms with Crippen LogP contribution in [-0.2, 0) is 4.79 Å². The maximum absolute atomic E-state index is 11.6. The van der Waals surface area contributed by atoms with Crippen LogP contribution in [0.3, 0.4) is 0 Å². The van der Waals surface area contributed by atoms with E-state index < -0.39 is 6.04 Å². The van der Waals surface area contributed by atoms with Crippen molar-refractivity contribution >= 4 is 24.0 Å². The largest absolute Gasteiger partial charge is 0.495 e. The molecule has 0 aromatic heterocycles. The van der Waals surface area contributed by atoms with Crippen molar-refractivity contribution in [3.05, 3.63) is 23.8 Å². The molecule has 1 atom stereocenters. The van der Waals surface area contributed by atoms with E-state index in [1.54, 1.807) is 7.11 Å². The average Bonchev–Trinajstić information content (AvgIpc) is 2.30. The Morgan fingerprint density at radius 2 is 2.18 bits per heavy atom. The molecule has 0 fully saturated rings. The van der Waals surface area contributed by atoms with Gasteiger partial charge in [0.1, 0.15) is 5.75 Å². The van der Waals surface area contributed by atoms with Gasteiger partial charge in [0.05, 0.1) is 18.8 Å². The minimum absolute atomic E-state index is 0. The molecule has 0 aliphatic rings. The van der Waals surface area contributed by atoms with E-state index in [0.717, 1.165) is 5.56 Å². The van der Waals surface area contributed by atoms with Gasteiger partial charge in [0.15, 0.2) is 0 Å². The van der Waals surface area contributed by atoms with Crippen molar-refractivity contribution in [3.8, 4) is 5.75 Å². The standard InChI is InChI=1S/C12H18N2O2.ClH/c1-4-9(13)12(15)14-10-6-5-8(2)7-11(10)16-3;/h5-7,9H,4,13H2,1-3H3,(H,14,15);1H/t9-;/m0./s1. The molecule has 96 valence electrons. The summed E-state index contributed by atoms with van der Waals surface area (Å²) in [7, 11) is 1.57. The number of nitrogens with one attached hydrogen (secondary N) is 1. The summed E-state index contributed by atoms with van der Waals surface area (Å²) in [5, 5.41) is 2.75. The molecule has 17 heavy (non-hydrogen) atoms. The Bertz CT molecular complexity index is 383. The maximum Gasteiger partial charge on any atom is 0.241 e. The van der Waals surface area contributed by atoms with Crippen LogP contribution in [-0.4, -0.2) is 19.1 Å². The van der Waals surface area contributed by atoms with Crippen LogP contribution in [0.4, 0.5) is 5.69 Å². The van der Waals surface area contributed by atoms with Gasteiger partial charge >= 0.3 is 0 Å².